The maximum absolute atomic E-state index is 9.90. The normalized spacial score (nSPS) is 18.7. The van der Waals surface area contributed by atoms with Crippen LogP contribution in [0.3, 0.4) is 0 Å². The van der Waals surface area contributed by atoms with Gasteiger partial charge in [-0.15, -0.1) is 11.3 Å². The van der Waals surface area contributed by atoms with E-state index in [1.807, 2.05) is 11.4 Å². The van der Waals surface area contributed by atoms with Crippen molar-refractivity contribution < 1.29 is 39.8 Å². The van der Waals surface area contributed by atoms with Crippen LogP contribution in [0, 0.1) is 0 Å². The Hall–Kier alpha value is -1.23. The van der Waals surface area contributed by atoms with Gasteiger partial charge in [-0.1, -0.05) is 0 Å². The molecule has 9 heteroatoms. The van der Waals surface area contributed by atoms with Crippen LogP contribution in [-0.2, 0) is 4.79 Å². The minimum absolute atomic E-state index is 0.0258. The maximum Gasteiger partial charge on any atom is 0.217 e. The Morgan fingerprint density at radius 1 is 1.19 bits per heavy atom. The summed E-state index contributed by atoms with van der Waals surface area (Å²) in [4.78, 5) is 9.90. The van der Waals surface area contributed by atoms with Gasteiger partial charge < -0.3 is 39.8 Å². The third-order valence-corrected chi connectivity index (χ3v) is 3.40. The summed E-state index contributed by atoms with van der Waals surface area (Å²) in [5, 5.41) is 46.4. The molecule has 2 rings (SSSR count). The molecule has 0 aromatic carbocycles. The highest BCUT2D eigenvalue weighted by atomic mass is 32.1. The van der Waals surface area contributed by atoms with Gasteiger partial charge in [-0.2, -0.15) is 0 Å². The Labute approximate surface area is 124 Å². The molecule has 0 saturated heterocycles. The average molecular weight is 322 g/mol. The van der Waals surface area contributed by atoms with E-state index in [1.165, 1.54) is 0 Å². The zero-order valence-electron chi connectivity index (χ0n) is 11.0. The van der Waals surface area contributed by atoms with Gasteiger partial charge in [-0.3, -0.25) is 0 Å². The Balaban J connectivity index is 0.000000216. The van der Waals surface area contributed by atoms with Crippen LogP contribution in [0.15, 0.2) is 11.4 Å². The molecule has 1 aromatic rings. The first-order chi connectivity index (χ1) is 10.0. The zero-order chi connectivity index (χ0) is 15.8. The molecule has 0 radical (unpaired) electrons. The van der Waals surface area contributed by atoms with E-state index in [-0.39, 0.29) is 6.29 Å². The van der Waals surface area contributed by atoms with Crippen LogP contribution in [0.4, 0.5) is 0 Å². The Bertz CT molecular complexity index is 403. The van der Waals surface area contributed by atoms with Crippen LogP contribution in [0.1, 0.15) is 0 Å². The second-order valence-electron chi connectivity index (χ2n) is 4.13. The molecule has 4 unspecified atom stereocenters. The summed E-state index contributed by atoms with van der Waals surface area (Å²) in [7, 11) is 0. The highest BCUT2D eigenvalue weighted by Gasteiger charge is 2.29. The Morgan fingerprint density at radius 3 is 2.43 bits per heavy atom. The van der Waals surface area contributed by atoms with Crippen molar-refractivity contribution in [2.45, 2.75) is 24.4 Å². The summed E-state index contributed by atoms with van der Waals surface area (Å²) < 4.78 is 10.5. The number of thiophene rings is 1. The van der Waals surface area contributed by atoms with Crippen molar-refractivity contribution in [1.29, 1.82) is 0 Å². The van der Waals surface area contributed by atoms with Gasteiger partial charge in [0.1, 0.15) is 37.6 Å². The summed E-state index contributed by atoms with van der Waals surface area (Å²) in [5.74, 6) is 0.895. The second-order valence-corrected chi connectivity index (χ2v) is 5.01. The topological polar surface area (TPSA) is 137 Å². The molecule has 4 atom stereocenters. The van der Waals surface area contributed by atoms with Crippen LogP contribution in [0.2, 0.25) is 0 Å². The molecule has 0 fully saturated rings. The third kappa shape index (κ3) is 5.23. The number of hydrogen-bond donors (Lipinski definition) is 5. The lowest BCUT2D eigenvalue weighted by Crippen LogP contribution is -2.46. The van der Waals surface area contributed by atoms with Gasteiger partial charge in [0.2, 0.25) is 5.06 Å². The highest BCUT2D eigenvalue weighted by Crippen LogP contribution is 2.35. The Morgan fingerprint density at radius 2 is 1.86 bits per heavy atom. The van der Waals surface area contributed by atoms with Gasteiger partial charge in [-0.25, -0.2) is 0 Å². The third-order valence-electron chi connectivity index (χ3n) is 2.59. The van der Waals surface area contributed by atoms with Crippen LogP contribution in [-0.4, -0.2) is 76.1 Å². The quantitative estimate of drug-likeness (QED) is 0.398. The van der Waals surface area contributed by atoms with E-state index in [9.17, 15) is 4.79 Å². The summed E-state index contributed by atoms with van der Waals surface area (Å²) in [6, 6.07) is 1.93. The van der Waals surface area contributed by atoms with Crippen molar-refractivity contribution in [3.8, 4) is 10.8 Å². The van der Waals surface area contributed by atoms with Crippen molar-refractivity contribution in [1.82, 2.24) is 0 Å². The molecule has 0 saturated carbocycles. The number of hydrogen-bond acceptors (Lipinski definition) is 9. The molecule has 0 spiro atoms. The molecule has 8 nitrogen and oxygen atoms in total. The molecule has 21 heavy (non-hydrogen) atoms. The van der Waals surface area contributed by atoms with Gasteiger partial charge in [0.05, 0.1) is 6.61 Å². The van der Waals surface area contributed by atoms with Crippen LogP contribution < -0.4 is 9.47 Å². The number of rotatable bonds is 5. The van der Waals surface area contributed by atoms with E-state index in [2.05, 4.69) is 0 Å². The lowest BCUT2D eigenvalue weighted by atomic mass is 10.0. The first kappa shape index (κ1) is 17.8. The minimum Gasteiger partial charge on any atom is -0.485 e. The number of aliphatic hydroxyl groups is 5. The van der Waals surface area contributed by atoms with E-state index in [1.54, 1.807) is 11.3 Å². The molecule has 5 N–H and O–H groups in total. The van der Waals surface area contributed by atoms with Crippen molar-refractivity contribution in [3.05, 3.63) is 11.4 Å². The predicted molar refractivity (Wildman–Crippen MR) is 72.5 cm³/mol. The van der Waals surface area contributed by atoms with Crippen LogP contribution in [0.25, 0.3) is 0 Å². The summed E-state index contributed by atoms with van der Waals surface area (Å²) >= 11 is 1.58. The summed E-state index contributed by atoms with van der Waals surface area (Å²) in [5.41, 5.74) is 0. The Kier molecular flexibility index (Phi) is 7.57. The number of carbonyl (C=O) groups is 1. The molecule has 0 bridgehead atoms. The fourth-order valence-corrected chi connectivity index (χ4v) is 2.11. The van der Waals surface area contributed by atoms with Gasteiger partial charge in [-0.05, 0) is 11.4 Å². The largest absolute Gasteiger partial charge is 0.485 e. The molecule has 1 aliphatic heterocycles. The molecule has 120 valence electrons. The molecule has 1 aliphatic rings. The first-order valence-electron chi connectivity index (χ1n) is 6.12. The SMILES string of the molecule is O=CC(O)C(O)C(O)C(O)CO.c1cc2c(s1)OCCO2. The van der Waals surface area contributed by atoms with Gasteiger partial charge in [0.15, 0.2) is 12.0 Å². The number of ether oxygens (including phenoxy) is 2. The van der Waals surface area contributed by atoms with Crippen molar-refractivity contribution in [3.63, 3.8) is 0 Å². The second kappa shape index (κ2) is 8.93. The fraction of sp³-hybridized carbons (Fsp3) is 0.583. The van der Waals surface area contributed by atoms with Crippen molar-refractivity contribution >= 4 is 17.6 Å². The van der Waals surface area contributed by atoms with E-state index in [4.69, 9.17) is 35.0 Å². The molecule has 2 heterocycles. The lowest BCUT2D eigenvalue weighted by Gasteiger charge is -2.22. The van der Waals surface area contributed by atoms with E-state index in [0.717, 1.165) is 10.8 Å². The van der Waals surface area contributed by atoms with Gasteiger partial charge >= 0.3 is 0 Å². The maximum atomic E-state index is 9.90. The van der Waals surface area contributed by atoms with Gasteiger partial charge in [0, 0.05) is 0 Å². The number of aliphatic hydroxyl groups excluding tert-OH is 5. The predicted octanol–water partition coefficient (Wildman–Crippen LogP) is -1.86. The first-order valence-corrected chi connectivity index (χ1v) is 7.00. The lowest BCUT2D eigenvalue weighted by molar-refractivity contribution is -0.136. The summed E-state index contributed by atoms with van der Waals surface area (Å²) in [6.45, 7) is 0.612. The van der Waals surface area contributed by atoms with Crippen LogP contribution in [0.5, 0.6) is 10.8 Å². The molecule has 0 aliphatic carbocycles. The van der Waals surface area contributed by atoms with E-state index >= 15 is 0 Å². The number of fused-ring (bicyclic) bond motifs is 1. The summed E-state index contributed by atoms with van der Waals surface area (Å²) in [6.07, 6.45) is -6.84. The van der Waals surface area contributed by atoms with Crippen molar-refractivity contribution in [2.24, 2.45) is 0 Å². The zero-order valence-corrected chi connectivity index (χ0v) is 11.8. The van der Waals surface area contributed by atoms with Crippen LogP contribution >= 0.6 is 11.3 Å². The molecular weight excluding hydrogens is 304 g/mol. The standard InChI is InChI=1S/C6H12O6.C6H6O2S/c7-1-3(9)5(11)6(12)4(10)2-8;1-4-9-6-5(1)7-2-3-8-6/h1,3-6,8-12H,2H2;1,4H,2-3H2. The number of carbonyl (C=O) groups excluding carboxylic acids is 1. The minimum atomic E-state index is -1.79. The fourth-order valence-electron chi connectivity index (χ4n) is 1.40. The molecular formula is C12H18O8S. The van der Waals surface area contributed by atoms with Gasteiger partial charge in [0.25, 0.3) is 0 Å². The highest BCUT2D eigenvalue weighted by molar-refractivity contribution is 7.12. The number of aldehydes is 1. The van der Waals surface area contributed by atoms with E-state index < -0.39 is 31.0 Å². The average Bonchev–Trinajstić information content (AvgIpc) is 3.01. The molecule has 1 aromatic heterocycles. The smallest absolute Gasteiger partial charge is 0.217 e. The van der Waals surface area contributed by atoms with E-state index in [0.29, 0.717) is 13.2 Å². The molecule has 0 amide bonds. The van der Waals surface area contributed by atoms with Crippen molar-refractivity contribution in [2.75, 3.05) is 19.8 Å². The monoisotopic (exact) mass is 322 g/mol.